The van der Waals surface area contributed by atoms with Gasteiger partial charge in [0.2, 0.25) is 0 Å². The van der Waals surface area contributed by atoms with E-state index in [0.29, 0.717) is 6.42 Å². The molecule has 0 aliphatic rings. The molecule has 0 saturated heterocycles. The number of hydrogen-bond donors (Lipinski definition) is 2. The second-order valence-electron chi connectivity index (χ2n) is 4.48. The summed E-state index contributed by atoms with van der Waals surface area (Å²) in [4.78, 5) is 0. The molecule has 1 aromatic heterocycles. The van der Waals surface area contributed by atoms with E-state index in [2.05, 4.69) is 10.5 Å². The summed E-state index contributed by atoms with van der Waals surface area (Å²) in [6, 6.07) is 7.49. The number of aromatic nitrogens is 2. The summed E-state index contributed by atoms with van der Waals surface area (Å²) >= 11 is 0. The molecule has 0 saturated carbocycles. The lowest BCUT2D eigenvalue weighted by Crippen LogP contribution is -2.30. The van der Waals surface area contributed by atoms with Crippen molar-refractivity contribution >= 4 is 0 Å². The molecule has 3 N–H and O–H groups in total. The number of aryl methyl sites for hydroxylation is 1. The third-order valence-electron chi connectivity index (χ3n) is 3.20. The van der Waals surface area contributed by atoms with Crippen LogP contribution in [-0.4, -0.2) is 24.0 Å². The zero-order chi connectivity index (χ0) is 14.5. The number of methoxy groups -OCH3 is 2. The smallest absolute Gasteiger partial charge is 0.127 e. The van der Waals surface area contributed by atoms with Crippen molar-refractivity contribution < 1.29 is 9.47 Å². The van der Waals surface area contributed by atoms with Gasteiger partial charge in [0.1, 0.15) is 11.5 Å². The largest absolute Gasteiger partial charge is 0.496 e. The van der Waals surface area contributed by atoms with Crippen LogP contribution in [-0.2, 0) is 13.5 Å². The van der Waals surface area contributed by atoms with Crippen LogP contribution >= 0.6 is 0 Å². The van der Waals surface area contributed by atoms with E-state index in [4.69, 9.17) is 15.3 Å². The van der Waals surface area contributed by atoms with Gasteiger partial charge in [0.25, 0.3) is 0 Å². The van der Waals surface area contributed by atoms with Crippen LogP contribution in [0.3, 0.4) is 0 Å². The predicted molar refractivity (Wildman–Crippen MR) is 76.5 cm³/mol. The summed E-state index contributed by atoms with van der Waals surface area (Å²) in [6.45, 7) is 0. The van der Waals surface area contributed by atoms with Crippen LogP contribution in [0.15, 0.2) is 30.5 Å². The first-order valence-corrected chi connectivity index (χ1v) is 6.35. The lowest BCUT2D eigenvalue weighted by Gasteiger charge is -2.20. The maximum Gasteiger partial charge on any atom is 0.127 e. The Morgan fingerprint density at radius 1 is 1.25 bits per heavy atom. The van der Waals surface area contributed by atoms with Gasteiger partial charge in [-0.1, -0.05) is 6.07 Å². The van der Waals surface area contributed by atoms with Crippen molar-refractivity contribution in [2.24, 2.45) is 12.9 Å². The highest BCUT2D eigenvalue weighted by Gasteiger charge is 2.21. The molecule has 0 radical (unpaired) electrons. The Labute approximate surface area is 118 Å². The van der Waals surface area contributed by atoms with Crippen molar-refractivity contribution in [1.29, 1.82) is 0 Å². The van der Waals surface area contributed by atoms with E-state index >= 15 is 0 Å². The highest BCUT2D eigenvalue weighted by atomic mass is 16.5. The van der Waals surface area contributed by atoms with Crippen molar-refractivity contribution in [3.8, 4) is 11.5 Å². The van der Waals surface area contributed by atoms with E-state index in [1.54, 1.807) is 18.9 Å². The molecule has 108 valence electrons. The Hall–Kier alpha value is -2.05. The standard InChI is InChI=1S/C14H20N4O2/c1-18-8-7-10(17-18)9-11(16-15)14-12(19-2)5-4-6-13(14)20-3/h4-8,11,16H,9,15H2,1-3H3. The maximum atomic E-state index is 5.71. The van der Waals surface area contributed by atoms with Crippen molar-refractivity contribution in [2.45, 2.75) is 12.5 Å². The lowest BCUT2D eigenvalue weighted by atomic mass is 10.0. The van der Waals surface area contributed by atoms with E-state index < -0.39 is 0 Å². The minimum atomic E-state index is -0.143. The molecule has 2 aromatic rings. The molecule has 0 aliphatic carbocycles. The van der Waals surface area contributed by atoms with Crippen LogP contribution in [0.4, 0.5) is 0 Å². The van der Waals surface area contributed by atoms with Crippen LogP contribution in [0.1, 0.15) is 17.3 Å². The van der Waals surface area contributed by atoms with Crippen LogP contribution in [0.2, 0.25) is 0 Å². The zero-order valence-corrected chi connectivity index (χ0v) is 12.0. The summed E-state index contributed by atoms with van der Waals surface area (Å²) in [5.41, 5.74) is 4.66. The zero-order valence-electron chi connectivity index (χ0n) is 12.0. The quantitative estimate of drug-likeness (QED) is 0.612. The Morgan fingerprint density at radius 3 is 2.35 bits per heavy atom. The number of rotatable bonds is 6. The molecule has 6 nitrogen and oxygen atoms in total. The van der Waals surface area contributed by atoms with Gasteiger partial charge in [-0.2, -0.15) is 5.10 Å². The van der Waals surface area contributed by atoms with Gasteiger partial charge >= 0.3 is 0 Å². The van der Waals surface area contributed by atoms with Gasteiger partial charge in [-0.15, -0.1) is 0 Å². The van der Waals surface area contributed by atoms with Crippen molar-refractivity contribution in [3.05, 3.63) is 41.7 Å². The minimum absolute atomic E-state index is 0.143. The van der Waals surface area contributed by atoms with Gasteiger partial charge in [-0.05, 0) is 18.2 Å². The molecule has 6 heteroatoms. The molecule has 20 heavy (non-hydrogen) atoms. The molecule has 0 fully saturated rings. The van der Waals surface area contributed by atoms with Crippen molar-refractivity contribution in [1.82, 2.24) is 15.2 Å². The van der Waals surface area contributed by atoms with E-state index in [9.17, 15) is 0 Å². The number of hydrogen-bond acceptors (Lipinski definition) is 5. The molecular weight excluding hydrogens is 256 g/mol. The topological polar surface area (TPSA) is 74.3 Å². The number of nitrogens with zero attached hydrogens (tertiary/aromatic N) is 2. The fourth-order valence-electron chi connectivity index (χ4n) is 2.25. The molecule has 1 heterocycles. The van der Waals surface area contributed by atoms with E-state index in [-0.39, 0.29) is 6.04 Å². The SMILES string of the molecule is COc1cccc(OC)c1C(Cc1ccn(C)n1)NN. The monoisotopic (exact) mass is 276 g/mol. The second-order valence-corrected chi connectivity index (χ2v) is 4.48. The van der Waals surface area contributed by atoms with E-state index in [1.165, 1.54) is 0 Å². The highest BCUT2D eigenvalue weighted by Crippen LogP contribution is 2.35. The van der Waals surface area contributed by atoms with E-state index in [1.807, 2.05) is 37.5 Å². The van der Waals surface area contributed by atoms with Crippen molar-refractivity contribution in [3.63, 3.8) is 0 Å². The second kappa shape index (κ2) is 6.40. The summed E-state index contributed by atoms with van der Waals surface area (Å²) in [5.74, 6) is 7.19. The van der Waals surface area contributed by atoms with Gasteiger partial charge in [0.05, 0.1) is 31.5 Å². The summed E-state index contributed by atoms with van der Waals surface area (Å²) in [5, 5.41) is 4.37. The fraction of sp³-hybridized carbons (Fsp3) is 0.357. The van der Waals surface area contributed by atoms with Gasteiger partial charge in [-0.25, -0.2) is 0 Å². The Bertz CT molecular complexity index is 546. The van der Waals surface area contributed by atoms with Gasteiger partial charge < -0.3 is 9.47 Å². The first-order chi connectivity index (χ1) is 9.69. The normalized spacial score (nSPS) is 12.2. The number of hydrazine groups is 1. The van der Waals surface area contributed by atoms with E-state index in [0.717, 1.165) is 22.8 Å². The number of nitrogens with one attached hydrogen (secondary N) is 1. The Kier molecular flexibility index (Phi) is 4.60. The molecular formula is C14H20N4O2. The van der Waals surface area contributed by atoms with Gasteiger partial charge in [-0.3, -0.25) is 16.0 Å². The van der Waals surface area contributed by atoms with Crippen LogP contribution in [0.5, 0.6) is 11.5 Å². The Morgan fingerprint density at radius 2 is 1.90 bits per heavy atom. The molecule has 1 aromatic carbocycles. The lowest BCUT2D eigenvalue weighted by molar-refractivity contribution is 0.369. The van der Waals surface area contributed by atoms with Gasteiger partial charge in [0, 0.05) is 19.7 Å². The highest BCUT2D eigenvalue weighted by molar-refractivity contribution is 5.47. The average Bonchev–Trinajstić information content (AvgIpc) is 2.89. The predicted octanol–water partition coefficient (Wildman–Crippen LogP) is 1.18. The summed E-state index contributed by atoms with van der Waals surface area (Å²) in [6.07, 6.45) is 2.55. The number of nitrogens with two attached hydrogens (primary N) is 1. The maximum absolute atomic E-state index is 5.71. The first-order valence-electron chi connectivity index (χ1n) is 6.35. The summed E-state index contributed by atoms with van der Waals surface area (Å²) < 4.78 is 12.6. The molecule has 1 atom stereocenters. The molecule has 0 aliphatic heterocycles. The molecule has 1 unspecified atom stereocenters. The number of benzene rings is 1. The van der Waals surface area contributed by atoms with Crippen LogP contribution in [0, 0.1) is 0 Å². The minimum Gasteiger partial charge on any atom is -0.496 e. The summed E-state index contributed by atoms with van der Waals surface area (Å²) in [7, 11) is 5.15. The number of ether oxygens (including phenoxy) is 2. The Balaban J connectivity index is 2.35. The molecule has 0 bridgehead atoms. The molecule has 0 amide bonds. The molecule has 0 spiro atoms. The van der Waals surface area contributed by atoms with Gasteiger partial charge in [0.15, 0.2) is 0 Å². The molecule has 2 rings (SSSR count). The third-order valence-corrected chi connectivity index (χ3v) is 3.20. The fourth-order valence-corrected chi connectivity index (χ4v) is 2.25. The van der Waals surface area contributed by atoms with Crippen LogP contribution < -0.4 is 20.7 Å². The third kappa shape index (κ3) is 2.92. The first kappa shape index (κ1) is 14.4. The van der Waals surface area contributed by atoms with Crippen molar-refractivity contribution in [2.75, 3.05) is 14.2 Å². The van der Waals surface area contributed by atoms with Crippen LogP contribution in [0.25, 0.3) is 0 Å². The average molecular weight is 276 g/mol.